The normalized spacial score (nSPS) is 10.3. The number of hydrogen-bond acceptors (Lipinski definition) is 6. The Morgan fingerprint density at radius 3 is 2.90 bits per heavy atom. The van der Waals surface area contributed by atoms with Gasteiger partial charge < -0.3 is 15.4 Å². The van der Waals surface area contributed by atoms with Crippen molar-refractivity contribution in [2.24, 2.45) is 0 Å². The van der Waals surface area contributed by atoms with Crippen molar-refractivity contribution in [1.82, 2.24) is 15.2 Å². The molecule has 7 heteroatoms. The molecular weight excluding hydrogens is 261 g/mol. The molecule has 0 aliphatic rings. The van der Waals surface area contributed by atoms with Crippen LogP contribution in [0.1, 0.15) is 5.56 Å². The zero-order valence-corrected chi connectivity index (χ0v) is 11.1. The second kappa shape index (κ2) is 7.34. The molecule has 0 aliphatic carbocycles. The summed E-state index contributed by atoms with van der Waals surface area (Å²) >= 11 is 0. The van der Waals surface area contributed by atoms with E-state index in [9.17, 15) is 4.39 Å². The van der Waals surface area contributed by atoms with Gasteiger partial charge in [-0.05, 0) is 6.07 Å². The molecule has 1 heterocycles. The average molecular weight is 277 g/mol. The van der Waals surface area contributed by atoms with E-state index in [0.717, 1.165) is 0 Å². The highest BCUT2D eigenvalue weighted by molar-refractivity contribution is 5.38. The highest BCUT2D eigenvalue weighted by Gasteiger charge is 2.03. The molecule has 0 saturated heterocycles. The molecule has 1 aromatic heterocycles. The minimum Gasteiger partial charge on any atom is -0.383 e. The second-order valence-electron chi connectivity index (χ2n) is 4.03. The van der Waals surface area contributed by atoms with E-state index in [1.807, 2.05) is 0 Å². The van der Waals surface area contributed by atoms with Gasteiger partial charge in [0.15, 0.2) is 5.82 Å². The van der Waals surface area contributed by atoms with Gasteiger partial charge in [-0.15, -0.1) is 5.10 Å². The van der Waals surface area contributed by atoms with Gasteiger partial charge in [0, 0.05) is 25.8 Å². The Morgan fingerprint density at radius 1 is 1.25 bits per heavy atom. The molecule has 0 spiro atoms. The van der Waals surface area contributed by atoms with Crippen molar-refractivity contribution in [3.8, 4) is 0 Å². The van der Waals surface area contributed by atoms with Crippen LogP contribution in [0.25, 0.3) is 0 Å². The Kier molecular flexibility index (Phi) is 5.19. The number of hydrogen-bond donors (Lipinski definition) is 2. The Morgan fingerprint density at radius 2 is 2.10 bits per heavy atom. The van der Waals surface area contributed by atoms with Gasteiger partial charge in [0.1, 0.15) is 5.82 Å². The smallest absolute Gasteiger partial charge is 0.244 e. The largest absolute Gasteiger partial charge is 0.383 e. The Bertz CT molecular complexity index is 552. The first-order valence-corrected chi connectivity index (χ1v) is 6.19. The van der Waals surface area contributed by atoms with E-state index in [2.05, 4.69) is 25.8 Å². The fourth-order valence-corrected chi connectivity index (χ4v) is 1.56. The molecule has 2 aromatic rings. The molecule has 0 radical (unpaired) electrons. The van der Waals surface area contributed by atoms with Gasteiger partial charge in [-0.2, -0.15) is 10.1 Å². The van der Waals surface area contributed by atoms with E-state index in [4.69, 9.17) is 4.74 Å². The Hall–Kier alpha value is -2.28. The van der Waals surface area contributed by atoms with Gasteiger partial charge in [-0.3, -0.25) is 0 Å². The molecule has 0 fully saturated rings. The van der Waals surface area contributed by atoms with Gasteiger partial charge in [-0.25, -0.2) is 4.39 Å². The maximum Gasteiger partial charge on any atom is 0.244 e. The number of nitrogens with one attached hydrogen (secondary N) is 2. The molecule has 2 rings (SSSR count). The Labute approximate surface area is 116 Å². The third-order valence-electron chi connectivity index (χ3n) is 2.57. The number of halogens is 1. The molecule has 6 nitrogen and oxygen atoms in total. The third-order valence-corrected chi connectivity index (χ3v) is 2.57. The number of methoxy groups -OCH3 is 1. The fraction of sp³-hybridized carbons (Fsp3) is 0.308. The summed E-state index contributed by atoms with van der Waals surface area (Å²) in [6.07, 6.45) is 1.49. The summed E-state index contributed by atoms with van der Waals surface area (Å²) in [5.41, 5.74) is 0.569. The van der Waals surface area contributed by atoms with E-state index in [0.29, 0.717) is 37.0 Å². The maximum atomic E-state index is 13.5. The molecule has 2 N–H and O–H groups in total. The molecular formula is C13H16FN5O. The molecule has 20 heavy (non-hydrogen) atoms. The van der Waals surface area contributed by atoms with Crippen LogP contribution in [0, 0.1) is 5.82 Å². The number of anilines is 2. The second-order valence-corrected chi connectivity index (χ2v) is 4.03. The summed E-state index contributed by atoms with van der Waals surface area (Å²) in [7, 11) is 1.62. The summed E-state index contributed by atoms with van der Waals surface area (Å²) in [6, 6.07) is 6.58. The van der Waals surface area contributed by atoms with Crippen LogP contribution in [-0.2, 0) is 11.3 Å². The van der Waals surface area contributed by atoms with E-state index < -0.39 is 0 Å². The first-order valence-electron chi connectivity index (χ1n) is 6.19. The number of benzene rings is 1. The summed E-state index contributed by atoms with van der Waals surface area (Å²) in [6.45, 7) is 1.48. The van der Waals surface area contributed by atoms with E-state index >= 15 is 0 Å². The van der Waals surface area contributed by atoms with Crippen molar-refractivity contribution in [1.29, 1.82) is 0 Å². The van der Waals surface area contributed by atoms with Crippen LogP contribution in [0.15, 0.2) is 30.5 Å². The lowest BCUT2D eigenvalue weighted by atomic mass is 10.2. The summed E-state index contributed by atoms with van der Waals surface area (Å²) < 4.78 is 18.4. The molecule has 106 valence electrons. The van der Waals surface area contributed by atoms with Crippen LogP contribution in [0.3, 0.4) is 0 Å². The number of rotatable bonds is 7. The van der Waals surface area contributed by atoms with E-state index in [1.165, 1.54) is 12.3 Å². The van der Waals surface area contributed by atoms with Crippen molar-refractivity contribution in [3.63, 3.8) is 0 Å². The SMILES string of the molecule is COCCNc1nncc(NCc2ccccc2F)n1. The van der Waals surface area contributed by atoms with Crippen molar-refractivity contribution >= 4 is 11.8 Å². The van der Waals surface area contributed by atoms with Crippen molar-refractivity contribution in [2.75, 3.05) is 30.9 Å². The third kappa shape index (κ3) is 4.13. The molecule has 0 bridgehead atoms. The lowest BCUT2D eigenvalue weighted by Gasteiger charge is -2.08. The standard InChI is InChI=1S/C13H16FN5O/c1-20-7-6-15-13-18-12(9-17-19-13)16-8-10-4-2-3-5-11(10)14/h2-5,9H,6-8H2,1H3,(H2,15,16,18,19). The zero-order valence-electron chi connectivity index (χ0n) is 11.1. The minimum atomic E-state index is -0.250. The monoisotopic (exact) mass is 277 g/mol. The van der Waals surface area contributed by atoms with Crippen molar-refractivity contribution < 1.29 is 9.13 Å². The maximum absolute atomic E-state index is 13.5. The lowest BCUT2D eigenvalue weighted by molar-refractivity contribution is 0.210. The first-order chi connectivity index (χ1) is 9.79. The summed E-state index contributed by atoms with van der Waals surface area (Å²) in [4.78, 5) is 4.22. The van der Waals surface area contributed by atoms with Crippen LogP contribution in [0.4, 0.5) is 16.2 Å². The highest BCUT2D eigenvalue weighted by atomic mass is 19.1. The fourth-order valence-electron chi connectivity index (χ4n) is 1.56. The molecule has 0 aliphatic heterocycles. The number of nitrogens with zero attached hydrogens (tertiary/aromatic N) is 3. The van der Waals surface area contributed by atoms with Gasteiger partial charge in [0.2, 0.25) is 5.95 Å². The van der Waals surface area contributed by atoms with Crippen LogP contribution in [0.2, 0.25) is 0 Å². The van der Waals surface area contributed by atoms with Crippen LogP contribution in [-0.4, -0.2) is 35.4 Å². The number of aromatic nitrogens is 3. The van der Waals surface area contributed by atoms with Gasteiger partial charge in [-0.1, -0.05) is 18.2 Å². The van der Waals surface area contributed by atoms with Gasteiger partial charge in [0.05, 0.1) is 12.8 Å². The Balaban J connectivity index is 1.93. The number of ether oxygens (including phenoxy) is 1. The highest BCUT2D eigenvalue weighted by Crippen LogP contribution is 2.09. The topological polar surface area (TPSA) is 72.0 Å². The average Bonchev–Trinajstić information content (AvgIpc) is 2.47. The predicted molar refractivity (Wildman–Crippen MR) is 73.9 cm³/mol. The van der Waals surface area contributed by atoms with E-state index in [-0.39, 0.29) is 5.82 Å². The predicted octanol–water partition coefficient (Wildman–Crippen LogP) is 1.68. The van der Waals surface area contributed by atoms with E-state index in [1.54, 1.807) is 25.3 Å². The van der Waals surface area contributed by atoms with Crippen molar-refractivity contribution in [3.05, 3.63) is 41.8 Å². The zero-order chi connectivity index (χ0) is 14.2. The van der Waals surface area contributed by atoms with Crippen LogP contribution in [0.5, 0.6) is 0 Å². The van der Waals surface area contributed by atoms with Crippen LogP contribution >= 0.6 is 0 Å². The minimum absolute atomic E-state index is 0.250. The van der Waals surface area contributed by atoms with Crippen molar-refractivity contribution in [2.45, 2.75) is 6.54 Å². The molecule has 1 aromatic carbocycles. The van der Waals surface area contributed by atoms with Gasteiger partial charge >= 0.3 is 0 Å². The summed E-state index contributed by atoms with van der Waals surface area (Å²) in [5.74, 6) is 0.684. The van der Waals surface area contributed by atoms with Crippen LogP contribution < -0.4 is 10.6 Å². The molecule has 0 unspecified atom stereocenters. The van der Waals surface area contributed by atoms with Gasteiger partial charge in [0.25, 0.3) is 0 Å². The lowest BCUT2D eigenvalue weighted by Crippen LogP contribution is -2.12. The quantitative estimate of drug-likeness (QED) is 0.750. The first kappa shape index (κ1) is 14.1. The molecule has 0 atom stereocenters. The summed E-state index contributed by atoms with van der Waals surface area (Å²) in [5, 5.41) is 13.6. The molecule has 0 amide bonds. The molecule has 0 saturated carbocycles.